The first-order valence-electron chi connectivity index (χ1n) is 9.28. The molecule has 1 aromatic heterocycles. The molecule has 0 radical (unpaired) electrons. The topological polar surface area (TPSA) is 79.6 Å². The summed E-state index contributed by atoms with van der Waals surface area (Å²) in [7, 11) is 0. The number of aromatic nitrogens is 1. The number of amides is 1. The second-order valence-electron chi connectivity index (χ2n) is 6.37. The van der Waals surface area contributed by atoms with Gasteiger partial charge in [-0.15, -0.1) is 12.4 Å². The average molecular weight is 453 g/mol. The fourth-order valence-electron chi connectivity index (χ4n) is 3.03. The summed E-state index contributed by atoms with van der Waals surface area (Å²) in [5, 5.41) is 11.8. The zero-order valence-corrected chi connectivity index (χ0v) is 18.2. The van der Waals surface area contributed by atoms with E-state index >= 15 is 0 Å². The number of carbonyl (C=O) groups excluding carboxylic acids is 1. The van der Waals surface area contributed by atoms with Crippen LogP contribution in [-0.4, -0.2) is 46.9 Å². The van der Waals surface area contributed by atoms with E-state index in [4.69, 9.17) is 0 Å². The zero-order chi connectivity index (χ0) is 21.0. The van der Waals surface area contributed by atoms with Crippen molar-refractivity contribution in [1.82, 2.24) is 9.88 Å². The Hall–Kier alpha value is -2.62. The van der Waals surface area contributed by atoms with Gasteiger partial charge in [0.15, 0.2) is 5.13 Å². The van der Waals surface area contributed by atoms with E-state index < -0.39 is 10.8 Å². The highest BCUT2D eigenvalue weighted by molar-refractivity contribution is 7.22. The number of hydrogen-bond donors (Lipinski definition) is 0. The predicted molar refractivity (Wildman–Crippen MR) is 119 cm³/mol. The number of rotatable bonds is 8. The first-order chi connectivity index (χ1) is 13.9. The van der Waals surface area contributed by atoms with Crippen molar-refractivity contribution < 1.29 is 14.1 Å². The standard InChI is InChI=1S/C20H21FN4O3S.ClH/c1-3-23(4-2)11-12-24(19(26)15-7-5-6-8-17(15)25(27)28)20-22-16-10-9-14(21)13-18(16)29-20;/h5-10,13H,3-4,11-12H2,1-2H3;1H. The molecule has 0 N–H and O–H groups in total. The Balaban J connectivity index is 0.00000320. The normalized spacial score (nSPS) is 10.8. The minimum Gasteiger partial charge on any atom is -0.302 e. The van der Waals surface area contributed by atoms with Crippen LogP contribution in [0, 0.1) is 15.9 Å². The predicted octanol–water partition coefficient (Wildman–Crippen LogP) is 4.75. The quantitative estimate of drug-likeness (QED) is 0.364. The SMILES string of the molecule is CCN(CC)CCN(C(=O)c1ccccc1[N+](=O)[O-])c1nc2ccc(F)cc2s1.Cl. The van der Waals surface area contributed by atoms with Gasteiger partial charge in [-0.3, -0.25) is 19.8 Å². The van der Waals surface area contributed by atoms with Gasteiger partial charge >= 0.3 is 0 Å². The van der Waals surface area contributed by atoms with E-state index in [-0.39, 0.29) is 29.5 Å². The van der Waals surface area contributed by atoms with Crippen LogP contribution in [0.25, 0.3) is 10.2 Å². The summed E-state index contributed by atoms with van der Waals surface area (Å²) in [6.07, 6.45) is 0. The molecule has 0 aliphatic carbocycles. The maximum atomic E-state index is 13.6. The Labute approximate surface area is 183 Å². The molecule has 0 aliphatic rings. The van der Waals surface area contributed by atoms with Gasteiger partial charge in [-0.1, -0.05) is 37.3 Å². The van der Waals surface area contributed by atoms with Crippen molar-refractivity contribution in [3.63, 3.8) is 0 Å². The minimum absolute atomic E-state index is 0. The molecular weight excluding hydrogens is 431 g/mol. The second-order valence-corrected chi connectivity index (χ2v) is 7.38. The van der Waals surface area contributed by atoms with Crippen molar-refractivity contribution in [3.05, 3.63) is 64.0 Å². The molecule has 0 fully saturated rings. The summed E-state index contributed by atoms with van der Waals surface area (Å²) in [6, 6.07) is 10.1. The van der Waals surface area contributed by atoms with Crippen LogP contribution in [0.5, 0.6) is 0 Å². The molecule has 2 aromatic carbocycles. The molecule has 0 bridgehead atoms. The Kier molecular flexibility index (Phi) is 8.22. The third-order valence-electron chi connectivity index (χ3n) is 4.68. The van der Waals surface area contributed by atoms with Crippen LogP contribution in [-0.2, 0) is 0 Å². The first-order valence-corrected chi connectivity index (χ1v) is 10.1. The van der Waals surface area contributed by atoms with E-state index in [1.165, 1.54) is 46.6 Å². The van der Waals surface area contributed by atoms with Gasteiger partial charge in [0, 0.05) is 19.2 Å². The number of benzene rings is 2. The van der Waals surface area contributed by atoms with Crippen molar-refractivity contribution in [2.24, 2.45) is 0 Å². The molecule has 3 aromatic rings. The smallest absolute Gasteiger partial charge is 0.282 e. The maximum Gasteiger partial charge on any atom is 0.282 e. The Morgan fingerprint density at radius 1 is 1.17 bits per heavy atom. The van der Waals surface area contributed by atoms with E-state index in [0.717, 1.165) is 13.1 Å². The fraction of sp³-hybridized carbons (Fsp3) is 0.300. The molecular formula is C20H22ClFN4O3S. The van der Waals surface area contributed by atoms with Gasteiger partial charge < -0.3 is 4.90 Å². The summed E-state index contributed by atoms with van der Waals surface area (Å²) in [5.74, 6) is -0.878. The van der Waals surface area contributed by atoms with Gasteiger partial charge in [0.1, 0.15) is 11.4 Å². The molecule has 0 atom stereocenters. The highest BCUT2D eigenvalue weighted by atomic mass is 35.5. The number of para-hydroxylation sites is 1. The van der Waals surface area contributed by atoms with Crippen LogP contribution >= 0.6 is 23.7 Å². The number of nitro benzene ring substituents is 1. The van der Waals surface area contributed by atoms with Crippen LogP contribution in [0.15, 0.2) is 42.5 Å². The molecule has 160 valence electrons. The third kappa shape index (κ3) is 5.10. The minimum atomic E-state index is -0.566. The molecule has 0 spiro atoms. The molecule has 0 aliphatic heterocycles. The number of anilines is 1. The summed E-state index contributed by atoms with van der Waals surface area (Å²) < 4.78 is 14.2. The van der Waals surface area contributed by atoms with Gasteiger partial charge in [0.05, 0.1) is 15.1 Å². The highest BCUT2D eigenvalue weighted by Gasteiger charge is 2.27. The average Bonchev–Trinajstić information content (AvgIpc) is 3.13. The molecule has 0 saturated carbocycles. The lowest BCUT2D eigenvalue weighted by Gasteiger charge is -2.24. The monoisotopic (exact) mass is 452 g/mol. The van der Waals surface area contributed by atoms with Crippen molar-refractivity contribution in [3.8, 4) is 0 Å². The largest absolute Gasteiger partial charge is 0.302 e. The van der Waals surface area contributed by atoms with Gasteiger partial charge in [-0.2, -0.15) is 0 Å². The zero-order valence-electron chi connectivity index (χ0n) is 16.6. The number of likely N-dealkylation sites (N-methyl/N-ethyl adjacent to an activating group) is 1. The molecule has 7 nitrogen and oxygen atoms in total. The molecule has 10 heteroatoms. The number of nitrogens with zero attached hydrogens (tertiary/aromatic N) is 4. The second kappa shape index (κ2) is 10.4. The number of hydrogen-bond acceptors (Lipinski definition) is 6. The number of nitro groups is 1. The van der Waals surface area contributed by atoms with E-state index in [0.29, 0.717) is 28.4 Å². The lowest BCUT2D eigenvalue weighted by Crippen LogP contribution is -2.39. The molecule has 30 heavy (non-hydrogen) atoms. The lowest BCUT2D eigenvalue weighted by molar-refractivity contribution is -0.385. The molecule has 1 heterocycles. The maximum absolute atomic E-state index is 13.6. The van der Waals surface area contributed by atoms with Crippen LogP contribution in [0.1, 0.15) is 24.2 Å². The van der Waals surface area contributed by atoms with E-state index in [1.807, 2.05) is 13.8 Å². The number of thiazole rings is 1. The molecule has 1 amide bonds. The van der Waals surface area contributed by atoms with Crippen LogP contribution in [0.3, 0.4) is 0 Å². The van der Waals surface area contributed by atoms with Gasteiger partial charge in [0.25, 0.3) is 11.6 Å². The Morgan fingerprint density at radius 3 is 2.53 bits per heavy atom. The Morgan fingerprint density at radius 2 is 1.87 bits per heavy atom. The summed E-state index contributed by atoms with van der Waals surface area (Å²) >= 11 is 1.19. The fourth-order valence-corrected chi connectivity index (χ4v) is 4.04. The Bertz CT molecular complexity index is 1040. The van der Waals surface area contributed by atoms with E-state index in [2.05, 4.69) is 9.88 Å². The molecule has 3 rings (SSSR count). The van der Waals surface area contributed by atoms with Crippen LogP contribution < -0.4 is 4.90 Å². The van der Waals surface area contributed by atoms with Crippen molar-refractivity contribution in [2.75, 3.05) is 31.1 Å². The van der Waals surface area contributed by atoms with E-state index in [9.17, 15) is 19.3 Å². The van der Waals surface area contributed by atoms with Crippen LogP contribution in [0.4, 0.5) is 15.2 Å². The first kappa shape index (κ1) is 23.7. The summed E-state index contributed by atoms with van der Waals surface area (Å²) in [6.45, 7) is 6.58. The van der Waals surface area contributed by atoms with Gasteiger partial charge in [-0.05, 0) is 37.4 Å². The van der Waals surface area contributed by atoms with E-state index in [1.54, 1.807) is 12.1 Å². The number of carbonyl (C=O) groups is 1. The number of fused-ring (bicyclic) bond motifs is 1. The van der Waals surface area contributed by atoms with Gasteiger partial charge in [-0.25, -0.2) is 9.37 Å². The summed E-state index contributed by atoms with van der Waals surface area (Å²) in [5.41, 5.74) is 0.328. The highest BCUT2D eigenvalue weighted by Crippen LogP contribution is 2.31. The van der Waals surface area contributed by atoms with Crippen molar-refractivity contribution in [1.29, 1.82) is 0 Å². The third-order valence-corrected chi connectivity index (χ3v) is 5.72. The molecule has 0 saturated heterocycles. The van der Waals surface area contributed by atoms with Crippen molar-refractivity contribution >= 4 is 50.7 Å². The summed E-state index contributed by atoms with van der Waals surface area (Å²) in [4.78, 5) is 32.2. The lowest BCUT2D eigenvalue weighted by atomic mass is 10.1. The number of halogens is 2. The van der Waals surface area contributed by atoms with Crippen LogP contribution in [0.2, 0.25) is 0 Å². The molecule has 0 unspecified atom stereocenters. The van der Waals surface area contributed by atoms with Crippen molar-refractivity contribution in [2.45, 2.75) is 13.8 Å². The van der Waals surface area contributed by atoms with Gasteiger partial charge in [0.2, 0.25) is 0 Å².